The van der Waals surface area contributed by atoms with Gasteiger partial charge in [0, 0.05) is 24.3 Å². The molecule has 4 heteroatoms. The number of piperidine rings is 1. The van der Waals surface area contributed by atoms with Crippen molar-refractivity contribution in [3.05, 3.63) is 24.3 Å². The third-order valence-corrected chi connectivity index (χ3v) is 4.07. The number of hydrogen-bond donors (Lipinski definition) is 2. The molecule has 0 spiro atoms. The fraction of sp³-hybridized carbons (Fsp3) is 0.562. The van der Waals surface area contributed by atoms with Crippen LogP contribution < -0.4 is 10.6 Å². The van der Waals surface area contributed by atoms with E-state index < -0.39 is 0 Å². The highest BCUT2D eigenvalue weighted by Gasteiger charge is 2.21. The van der Waals surface area contributed by atoms with Crippen LogP contribution in [0.4, 0.5) is 11.4 Å². The summed E-state index contributed by atoms with van der Waals surface area (Å²) < 4.78 is 0. The molecule has 1 amide bonds. The highest BCUT2D eigenvalue weighted by molar-refractivity contribution is 5.88. The molecule has 1 aromatic carbocycles. The summed E-state index contributed by atoms with van der Waals surface area (Å²) in [6, 6.07) is 8.40. The first-order valence-electron chi connectivity index (χ1n) is 7.37. The molecule has 1 atom stereocenters. The molecule has 0 bridgehead atoms. The van der Waals surface area contributed by atoms with Gasteiger partial charge >= 0.3 is 0 Å². The Morgan fingerprint density at radius 3 is 2.30 bits per heavy atom. The Morgan fingerprint density at radius 2 is 1.75 bits per heavy atom. The van der Waals surface area contributed by atoms with Crippen molar-refractivity contribution >= 4 is 17.3 Å². The van der Waals surface area contributed by atoms with Crippen molar-refractivity contribution < 1.29 is 4.79 Å². The SMILES string of the molecule is CC(=O)Nc1ccc(NC(C)C2CCN(C)CC2)cc1. The molecule has 1 saturated heterocycles. The van der Waals surface area contributed by atoms with Gasteiger partial charge in [-0.1, -0.05) is 0 Å². The van der Waals surface area contributed by atoms with Gasteiger partial charge in [-0.15, -0.1) is 0 Å². The molecule has 1 fully saturated rings. The first kappa shape index (κ1) is 14.9. The Balaban J connectivity index is 1.87. The molecule has 1 aromatic rings. The summed E-state index contributed by atoms with van der Waals surface area (Å²) in [5.41, 5.74) is 1.96. The van der Waals surface area contributed by atoms with Crippen LogP contribution in [0.2, 0.25) is 0 Å². The van der Waals surface area contributed by atoms with Gasteiger partial charge in [0.2, 0.25) is 5.91 Å². The van der Waals surface area contributed by atoms with E-state index in [4.69, 9.17) is 0 Å². The largest absolute Gasteiger partial charge is 0.382 e. The van der Waals surface area contributed by atoms with Gasteiger partial charge in [0.15, 0.2) is 0 Å². The van der Waals surface area contributed by atoms with Crippen molar-refractivity contribution in [1.82, 2.24) is 4.90 Å². The summed E-state index contributed by atoms with van der Waals surface area (Å²) >= 11 is 0. The highest BCUT2D eigenvalue weighted by Crippen LogP contribution is 2.23. The number of hydrogen-bond acceptors (Lipinski definition) is 3. The molecule has 20 heavy (non-hydrogen) atoms. The van der Waals surface area contributed by atoms with Crippen LogP contribution in [0.3, 0.4) is 0 Å². The average Bonchev–Trinajstić information content (AvgIpc) is 2.41. The summed E-state index contributed by atoms with van der Waals surface area (Å²) in [6.07, 6.45) is 2.52. The molecule has 0 aliphatic carbocycles. The van der Waals surface area contributed by atoms with Gasteiger partial charge in [0.05, 0.1) is 0 Å². The predicted octanol–water partition coefficient (Wildman–Crippen LogP) is 2.79. The fourth-order valence-corrected chi connectivity index (χ4v) is 2.76. The van der Waals surface area contributed by atoms with E-state index in [1.807, 2.05) is 24.3 Å². The van der Waals surface area contributed by atoms with E-state index in [9.17, 15) is 4.79 Å². The fourth-order valence-electron chi connectivity index (χ4n) is 2.76. The van der Waals surface area contributed by atoms with Crippen LogP contribution in [0, 0.1) is 5.92 Å². The van der Waals surface area contributed by atoms with E-state index in [-0.39, 0.29) is 5.91 Å². The minimum absolute atomic E-state index is 0.0367. The van der Waals surface area contributed by atoms with Gasteiger partial charge in [-0.25, -0.2) is 0 Å². The second-order valence-electron chi connectivity index (χ2n) is 5.83. The van der Waals surface area contributed by atoms with Crippen LogP contribution in [-0.4, -0.2) is 37.0 Å². The highest BCUT2D eigenvalue weighted by atomic mass is 16.1. The van der Waals surface area contributed by atoms with Crippen molar-refractivity contribution in [2.75, 3.05) is 30.8 Å². The van der Waals surface area contributed by atoms with Crippen molar-refractivity contribution in [2.45, 2.75) is 32.7 Å². The van der Waals surface area contributed by atoms with Crippen LogP contribution in [-0.2, 0) is 4.79 Å². The first-order chi connectivity index (χ1) is 9.54. The topological polar surface area (TPSA) is 44.4 Å². The van der Waals surface area contributed by atoms with Gasteiger partial charge in [-0.2, -0.15) is 0 Å². The van der Waals surface area contributed by atoms with Crippen LogP contribution in [0.5, 0.6) is 0 Å². The number of rotatable bonds is 4. The Bertz CT molecular complexity index is 436. The molecule has 2 rings (SSSR count). The number of benzene rings is 1. The Hall–Kier alpha value is -1.55. The number of amides is 1. The lowest BCUT2D eigenvalue weighted by atomic mass is 9.90. The number of carbonyl (C=O) groups excluding carboxylic acids is 1. The summed E-state index contributed by atoms with van der Waals surface area (Å²) in [6.45, 7) is 6.17. The normalized spacial score (nSPS) is 18.6. The molecular weight excluding hydrogens is 250 g/mol. The molecule has 1 heterocycles. The van der Waals surface area contributed by atoms with E-state index in [0.717, 1.165) is 17.3 Å². The van der Waals surface area contributed by atoms with Gasteiger partial charge in [-0.05, 0) is 70.1 Å². The minimum atomic E-state index is -0.0367. The zero-order chi connectivity index (χ0) is 14.5. The molecule has 4 nitrogen and oxygen atoms in total. The molecular formula is C16H25N3O. The van der Waals surface area contributed by atoms with Gasteiger partial charge < -0.3 is 15.5 Å². The number of nitrogens with one attached hydrogen (secondary N) is 2. The Morgan fingerprint density at radius 1 is 1.20 bits per heavy atom. The monoisotopic (exact) mass is 275 g/mol. The van der Waals surface area contributed by atoms with Crippen molar-refractivity contribution in [3.63, 3.8) is 0 Å². The van der Waals surface area contributed by atoms with E-state index in [1.165, 1.54) is 32.9 Å². The molecule has 1 unspecified atom stereocenters. The average molecular weight is 275 g/mol. The van der Waals surface area contributed by atoms with E-state index in [0.29, 0.717) is 6.04 Å². The van der Waals surface area contributed by atoms with Crippen LogP contribution in [0.1, 0.15) is 26.7 Å². The zero-order valence-corrected chi connectivity index (χ0v) is 12.6. The quantitative estimate of drug-likeness (QED) is 0.888. The lowest BCUT2D eigenvalue weighted by molar-refractivity contribution is -0.114. The van der Waals surface area contributed by atoms with Crippen molar-refractivity contribution in [2.24, 2.45) is 5.92 Å². The maximum absolute atomic E-state index is 11.0. The predicted molar refractivity (Wildman–Crippen MR) is 84.1 cm³/mol. The zero-order valence-electron chi connectivity index (χ0n) is 12.6. The number of nitrogens with zero attached hydrogens (tertiary/aromatic N) is 1. The lowest BCUT2D eigenvalue weighted by Crippen LogP contribution is -2.37. The summed E-state index contributed by atoms with van der Waals surface area (Å²) in [4.78, 5) is 13.4. The first-order valence-corrected chi connectivity index (χ1v) is 7.37. The molecule has 110 valence electrons. The maximum atomic E-state index is 11.0. The summed E-state index contributed by atoms with van der Waals surface area (Å²) in [5.74, 6) is 0.701. The third kappa shape index (κ3) is 4.23. The number of anilines is 2. The Kier molecular flexibility index (Phi) is 5.01. The third-order valence-electron chi connectivity index (χ3n) is 4.07. The number of likely N-dealkylation sites (tertiary alicyclic amines) is 1. The second-order valence-corrected chi connectivity index (χ2v) is 5.83. The molecule has 0 radical (unpaired) electrons. The standard InChI is InChI=1S/C16H25N3O/c1-12(14-8-10-19(3)11-9-14)17-15-4-6-16(7-5-15)18-13(2)20/h4-7,12,14,17H,8-11H2,1-3H3,(H,18,20). The summed E-state index contributed by atoms with van der Waals surface area (Å²) in [7, 11) is 2.19. The van der Waals surface area contributed by atoms with Crippen molar-refractivity contribution in [1.29, 1.82) is 0 Å². The molecule has 0 aromatic heterocycles. The molecule has 0 saturated carbocycles. The minimum Gasteiger partial charge on any atom is -0.382 e. The van der Waals surface area contributed by atoms with Crippen molar-refractivity contribution in [3.8, 4) is 0 Å². The van der Waals surface area contributed by atoms with E-state index in [1.54, 1.807) is 0 Å². The summed E-state index contributed by atoms with van der Waals surface area (Å²) in [5, 5.41) is 6.36. The Labute approximate surface area is 121 Å². The van der Waals surface area contributed by atoms with Crippen LogP contribution >= 0.6 is 0 Å². The molecule has 1 aliphatic rings. The smallest absolute Gasteiger partial charge is 0.221 e. The maximum Gasteiger partial charge on any atom is 0.221 e. The number of carbonyl (C=O) groups is 1. The van der Waals surface area contributed by atoms with Gasteiger partial charge in [-0.3, -0.25) is 4.79 Å². The second kappa shape index (κ2) is 6.75. The van der Waals surface area contributed by atoms with Gasteiger partial charge in [0.25, 0.3) is 0 Å². The molecule has 2 N–H and O–H groups in total. The van der Waals surface area contributed by atoms with Gasteiger partial charge in [0.1, 0.15) is 0 Å². The van der Waals surface area contributed by atoms with Crippen LogP contribution in [0.15, 0.2) is 24.3 Å². The van der Waals surface area contributed by atoms with Crippen LogP contribution in [0.25, 0.3) is 0 Å². The molecule has 1 aliphatic heterocycles. The van der Waals surface area contributed by atoms with E-state index in [2.05, 4.69) is 29.5 Å². The lowest BCUT2D eigenvalue weighted by Gasteiger charge is -2.33. The van der Waals surface area contributed by atoms with E-state index >= 15 is 0 Å².